The molecule has 0 heterocycles. The second-order valence-corrected chi connectivity index (χ2v) is 5.08. The number of allylic oxidation sites excluding steroid dienone is 1. The molecule has 0 amide bonds. The monoisotopic (exact) mass is 327 g/mol. The minimum atomic E-state index is -0.475. The fourth-order valence-corrected chi connectivity index (χ4v) is 2.31. The number of nitro groups is 1. The number of ether oxygens (including phenoxy) is 2. The van der Waals surface area contributed by atoms with E-state index in [1.807, 2.05) is 6.92 Å². The average Bonchev–Trinajstić information content (AvgIpc) is 2.59. The number of nitro benzene ring substituents is 1. The molecule has 0 aliphatic heterocycles. The van der Waals surface area contributed by atoms with E-state index in [-0.39, 0.29) is 11.5 Å². The summed E-state index contributed by atoms with van der Waals surface area (Å²) in [4.78, 5) is 22.6. The maximum absolute atomic E-state index is 12.3. The van der Waals surface area contributed by atoms with Crippen LogP contribution in [-0.4, -0.2) is 24.9 Å². The van der Waals surface area contributed by atoms with Gasteiger partial charge in [-0.1, -0.05) is 18.2 Å². The van der Waals surface area contributed by atoms with Crippen LogP contribution >= 0.6 is 0 Å². The maximum Gasteiger partial charge on any atom is 0.270 e. The minimum absolute atomic E-state index is 0.0217. The number of non-ortho nitro benzene ring substituents is 1. The van der Waals surface area contributed by atoms with Gasteiger partial charge in [-0.3, -0.25) is 14.9 Å². The molecule has 24 heavy (non-hydrogen) atoms. The van der Waals surface area contributed by atoms with Gasteiger partial charge in [0.1, 0.15) is 0 Å². The van der Waals surface area contributed by atoms with E-state index >= 15 is 0 Å². The highest BCUT2D eigenvalue weighted by atomic mass is 16.6. The number of rotatable bonds is 6. The first-order valence-corrected chi connectivity index (χ1v) is 7.15. The zero-order valence-corrected chi connectivity index (χ0v) is 13.6. The van der Waals surface area contributed by atoms with Crippen LogP contribution in [-0.2, 0) is 0 Å². The normalized spacial score (nSPS) is 10.6. The molecule has 2 aromatic carbocycles. The summed E-state index contributed by atoms with van der Waals surface area (Å²) in [6.45, 7) is 1.82. The number of ketones is 1. The van der Waals surface area contributed by atoms with Crippen LogP contribution < -0.4 is 9.47 Å². The topological polar surface area (TPSA) is 78.7 Å². The molecule has 0 aromatic heterocycles. The highest BCUT2D eigenvalue weighted by molar-refractivity contribution is 6.07. The fourth-order valence-electron chi connectivity index (χ4n) is 2.31. The highest BCUT2D eigenvalue weighted by Crippen LogP contribution is 2.32. The Hall–Kier alpha value is -3.15. The van der Waals surface area contributed by atoms with Gasteiger partial charge in [0.05, 0.1) is 19.1 Å². The van der Waals surface area contributed by atoms with Crippen molar-refractivity contribution in [1.29, 1.82) is 0 Å². The van der Waals surface area contributed by atoms with E-state index in [0.29, 0.717) is 22.6 Å². The molecular weight excluding hydrogens is 310 g/mol. The quantitative estimate of drug-likeness (QED) is 0.349. The molecule has 0 aliphatic rings. The van der Waals surface area contributed by atoms with Gasteiger partial charge in [-0.2, -0.15) is 0 Å². The summed E-state index contributed by atoms with van der Waals surface area (Å²) in [7, 11) is 3.04. The summed E-state index contributed by atoms with van der Waals surface area (Å²) in [5.41, 5.74) is 1.79. The van der Waals surface area contributed by atoms with E-state index in [1.165, 1.54) is 32.4 Å². The first-order valence-electron chi connectivity index (χ1n) is 7.15. The van der Waals surface area contributed by atoms with Gasteiger partial charge in [0.15, 0.2) is 17.3 Å². The van der Waals surface area contributed by atoms with Gasteiger partial charge in [0.2, 0.25) is 0 Å². The van der Waals surface area contributed by atoms with Crippen molar-refractivity contribution in [2.75, 3.05) is 14.2 Å². The maximum atomic E-state index is 12.3. The van der Waals surface area contributed by atoms with Crippen molar-refractivity contribution in [2.45, 2.75) is 6.92 Å². The van der Waals surface area contributed by atoms with Gasteiger partial charge >= 0.3 is 0 Å². The van der Waals surface area contributed by atoms with Crippen LogP contribution in [0, 0.1) is 17.0 Å². The molecule has 0 aliphatic carbocycles. The summed E-state index contributed by atoms with van der Waals surface area (Å²) >= 11 is 0. The zero-order chi connectivity index (χ0) is 17.7. The second kappa shape index (κ2) is 7.41. The molecule has 0 saturated carbocycles. The molecule has 0 saturated heterocycles. The lowest BCUT2D eigenvalue weighted by molar-refractivity contribution is -0.384. The first-order chi connectivity index (χ1) is 11.5. The molecule has 0 N–H and O–H groups in total. The summed E-state index contributed by atoms with van der Waals surface area (Å²) < 4.78 is 10.5. The number of carbonyl (C=O) groups is 1. The van der Waals surface area contributed by atoms with Crippen LogP contribution in [0.5, 0.6) is 11.5 Å². The van der Waals surface area contributed by atoms with Gasteiger partial charge in [0.25, 0.3) is 5.69 Å². The summed E-state index contributed by atoms with van der Waals surface area (Å²) in [6.07, 6.45) is 2.92. The van der Waals surface area contributed by atoms with Crippen molar-refractivity contribution in [2.24, 2.45) is 0 Å². The largest absolute Gasteiger partial charge is 0.493 e. The number of nitrogens with zero attached hydrogens (tertiary/aromatic N) is 1. The Bertz CT molecular complexity index is 811. The molecule has 0 atom stereocenters. The number of methoxy groups -OCH3 is 2. The Labute approximate surface area is 139 Å². The van der Waals surface area contributed by atoms with E-state index in [1.54, 1.807) is 30.3 Å². The zero-order valence-electron chi connectivity index (χ0n) is 13.6. The average molecular weight is 327 g/mol. The van der Waals surface area contributed by atoms with Gasteiger partial charge in [-0.15, -0.1) is 0 Å². The van der Waals surface area contributed by atoms with Crippen molar-refractivity contribution in [1.82, 2.24) is 0 Å². The number of benzene rings is 2. The molecule has 2 rings (SSSR count). The summed E-state index contributed by atoms with van der Waals surface area (Å²) in [5.74, 6) is 0.826. The second-order valence-electron chi connectivity index (χ2n) is 5.08. The first kappa shape index (κ1) is 17.2. The predicted octanol–water partition coefficient (Wildman–Crippen LogP) is 3.82. The van der Waals surface area contributed by atoms with Crippen molar-refractivity contribution in [3.05, 3.63) is 69.3 Å². The van der Waals surface area contributed by atoms with Crippen LogP contribution in [0.4, 0.5) is 5.69 Å². The molecule has 0 unspecified atom stereocenters. The molecule has 0 radical (unpaired) electrons. The lowest BCUT2D eigenvalue weighted by atomic mass is 10.0. The van der Waals surface area contributed by atoms with Crippen molar-refractivity contribution in [3.63, 3.8) is 0 Å². The predicted molar refractivity (Wildman–Crippen MR) is 90.7 cm³/mol. The molecule has 0 fully saturated rings. The minimum Gasteiger partial charge on any atom is -0.493 e. The third-order valence-electron chi connectivity index (χ3n) is 3.46. The van der Waals surface area contributed by atoms with Gasteiger partial charge < -0.3 is 9.47 Å². The number of carbonyl (C=O) groups excluding carboxylic acids is 1. The van der Waals surface area contributed by atoms with Crippen LogP contribution in [0.25, 0.3) is 6.08 Å². The van der Waals surface area contributed by atoms with Gasteiger partial charge in [0, 0.05) is 17.7 Å². The van der Waals surface area contributed by atoms with E-state index in [4.69, 9.17) is 9.47 Å². The molecule has 124 valence electrons. The van der Waals surface area contributed by atoms with Crippen LogP contribution in [0.15, 0.2) is 42.5 Å². The van der Waals surface area contributed by atoms with E-state index in [0.717, 1.165) is 5.56 Å². The van der Waals surface area contributed by atoms with Crippen molar-refractivity contribution < 1.29 is 19.2 Å². The highest BCUT2D eigenvalue weighted by Gasteiger charge is 2.12. The molecule has 6 heteroatoms. The number of hydrogen-bond acceptors (Lipinski definition) is 5. The van der Waals surface area contributed by atoms with Gasteiger partial charge in [-0.25, -0.2) is 0 Å². The Morgan fingerprint density at radius 1 is 1.17 bits per heavy atom. The summed E-state index contributed by atoms with van der Waals surface area (Å²) in [6, 6.07) is 9.38. The van der Waals surface area contributed by atoms with Crippen LogP contribution in [0.2, 0.25) is 0 Å². The SMILES string of the molecule is COc1cc(C(=O)/C=C/c2cccc([N+](=O)[O-])c2)cc(C)c1OC. The Kier molecular flexibility index (Phi) is 5.31. The lowest BCUT2D eigenvalue weighted by Crippen LogP contribution is -2.00. The van der Waals surface area contributed by atoms with E-state index < -0.39 is 4.92 Å². The smallest absolute Gasteiger partial charge is 0.270 e. The Morgan fingerprint density at radius 2 is 1.92 bits per heavy atom. The number of aryl methyl sites for hydroxylation is 1. The van der Waals surface area contributed by atoms with Crippen LogP contribution in [0.1, 0.15) is 21.5 Å². The fraction of sp³-hybridized carbons (Fsp3) is 0.167. The van der Waals surface area contributed by atoms with Crippen molar-refractivity contribution >= 4 is 17.5 Å². The molecule has 2 aromatic rings. The standard InChI is InChI=1S/C18H17NO5/c1-12-9-14(11-17(23-2)18(12)24-3)16(20)8-7-13-5-4-6-15(10-13)19(21)22/h4-11H,1-3H3/b8-7+. The molecule has 0 spiro atoms. The molecule has 0 bridgehead atoms. The lowest BCUT2D eigenvalue weighted by Gasteiger charge is -2.11. The third-order valence-corrected chi connectivity index (χ3v) is 3.46. The van der Waals surface area contributed by atoms with Crippen molar-refractivity contribution in [3.8, 4) is 11.5 Å². The van der Waals surface area contributed by atoms with Crippen LogP contribution in [0.3, 0.4) is 0 Å². The number of hydrogen-bond donors (Lipinski definition) is 0. The Balaban J connectivity index is 2.28. The summed E-state index contributed by atoms with van der Waals surface area (Å²) in [5, 5.41) is 10.8. The van der Waals surface area contributed by atoms with E-state index in [2.05, 4.69) is 0 Å². The molecule has 6 nitrogen and oxygen atoms in total. The molecular formula is C18H17NO5. The third kappa shape index (κ3) is 3.78. The van der Waals surface area contributed by atoms with E-state index in [9.17, 15) is 14.9 Å². The van der Waals surface area contributed by atoms with Gasteiger partial charge in [-0.05, 0) is 36.3 Å². The Morgan fingerprint density at radius 3 is 2.54 bits per heavy atom.